The van der Waals surface area contributed by atoms with E-state index in [2.05, 4.69) is 0 Å². The third kappa shape index (κ3) is 1.82. The van der Waals surface area contributed by atoms with Gasteiger partial charge in [0.05, 0.1) is 11.4 Å². The van der Waals surface area contributed by atoms with E-state index in [9.17, 15) is 13.2 Å². The highest BCUT2D eigenvalue weighted by Crippen LogP contribution is 2.28. The minimum Gasteiger partial charge on any atom is -0.298 e. The first-order valence-electron chi connectivity index (χ1n) is 5.12. The topological polar surface area (TPSA) is 54.5 Å². The van der Waals surface area contributed by atoms with E-state index in [1.54, 1.807) is 24.3 Å². The van der Waals surface area contributed by atoms with Crippen molar-refractivity contribution in [3.63, 3.8) is 0 Å². The molecular weight excluding hydrogens is 226 g/mol. The molecule has 1 fully saturated rings. The lowest BCUT2D eigenvalue weighted by molar-refractivity contribution is 0.112. The fourth-order valence-corrected chi connectivity index (χ4v) is 3.86. The summed E-state index contributed by atoms with van der Waals surface area (Å²) >= 11 is 0. The van der Waals surface area contributed by atoms with Crippen LogP contribution in [0.3, 0.4) is 0 Å². The van der Waals surface area contributed by atoms with E-state index in [0.717, 1.165) is 6.29 Å². The molecule has 1 heterocycles. The van der Waals surface area contributed by atoms with Gasteiger partial charge in [-0.3, -0.25) is 9.10 Å². The van der Waals surface area contributed by atoms with Gasteiger partial charge in [0.2, 0.25) is 10.0 Å². The molecule has 0 amide bonds. The largest absolute Gasteiger partial charge is 0.298 e. The van der Waals surface area contributed by atoms with E-state index >= 15 is 0 Å². The predicted molar refractivity (Wildman–Crippen MR) is 62.2 cm³/mol. The molecule has 5 heteroatoms. The molecule has 1 atom stereocenters. The molecule has 1 aliphatic heterocycles. The summed E-state index contributed by atoms with van der Waals surface area (Å²) in [6.45, 7) is 1.89. The van der Waals surface area contributed by atoms with Crippen LogP contribution in [-0.4, -0.2) is 26.5 Å². The monoisotopic (exact) mass is 239 g/mol. The van der Waals surface area contributed by atoms with E-state index in [1.165, 1.54) is 4.31 Å². The van der Waals surface area contributed by atoms with Gasteiger partial charge in [-0.05, 0) is 37.6 Å². The van der Waals surface area contributed by atoms with Gasteiger partial charge in [0.15, 0.2) is 0 Å². The number of nitrogens with zero attached hydrogens (tertiary/aromatic N) is 1. The van der Waals surface area contributed by atoms with Crippen LogP contribution in [0.1, 0.15) is 23.7 Å². The summed E-state index contributed by atoms with van der Waals surface area (Å²) in [6, 6.07) is 6.59. The third-order valence-corrected chi connectivity index (χ3v) is 4.70. The molecule has 1 aromatic rings. The Kier molecular flexibility index (Phi) is 2.71. The molecule has 4 nitrogen and oxygen atoms in total. The Morgan fingerprint density at radius 1 is 1.31 bits per heavy atom. The predicted octanol–water partition coefficient (Wildman–Crippen LogP) is 1.43. The molecule has 1 aliphatic rings. The number of hydrogen-bond donors (Lipinski definition) is 0. The molecule has 0 aromatic heterocycles. The summed E-state index contributed by atoms with van der Waals surface area (Å²) in [5.74, 6) is 0.198. The van der Waals surface area contributed by atoms with Crippen molar-refractivity contribution < 1.29 is 13.2 Å². The van der Waals surface area contributed by atoms with E-state index < -0.39 is 10.0 Å². The number of rotatable bonds is 2. The molecular formula is C11H13NO3S. The van der Waals surface area contributed by atoms with Crippen LogP contribution >= 0.6 is 0 Å². The third-order valence-electron chi connectivity index (χ3n) is 2.78. The highest BCUT2D eigenvalue weighted by Gasteiger charge is 2.34. The molecule has 86 valence electrons. The number of anilines is 1. The Labute approximate surface area is 94.9 Å². The first kappa shape index (κ1) is 11.1. The summed E-state index contributed by atoms with van der Waals surface area (Å²) in [7, 11) is -3.16. The number of benzene rings is 1. The quantitative estimate of drug-likeness (QED) is 0.733. The van der Waals surface area contributed by atoms with Crippen molar-refractivity contribution in [1.29, 1.82) is 0 Å². The second-order valence-corrected chi connectivity index (χ2v) is 5.92. The van der Waals surface area contributed by atoms with Gasteiger partial charge in [-0.25, -0.2) is 8.42 Å². The maximum absolute atomic E-state index is 11.8. The first-order valence-corrected chi connectivity index (χ1v) is 6.73. The van der Waals surface area contributed by atoms with E-state index in [4.69, 9.17) is 0 Å². The second-order valence-electron chi connectivity index (χ2n) is 3.96. The van der Waals surface area contributed by atoms with Crippen LogP contribution in [0.25, 0.3) is 0 Å². The van der Waals surface area contributed by atoms with Gasteiger partial charge in [-0.2, -0.15) is 0 Å². The fraction of sp³-hybridized carbons (Fsp3) is 0.364. The second kappa shape index (κ2) is 3.90. The fourth-order valence-electron chi connectivity index (χ4n) is 1.92. The Hall–Kier alpha value is -1.36. The standard InChI is InChI=1S/C11H13NO3S/c1-9-6-7-16(14,15)12(9)11-4-2-10(8-13)3-5-11/h2-5,8-9H,6-7H2,1H3. The molecule has 0 spiro atoms. The molecule has 0 radical (unpaired) electrons. The van der Waals surface area contributed by atoms with Crippen molar-refractivity contribution in [3.8, 4) is 0 Å². The maximum atomic E-state index is 11.8. The van der Waals surface area contributed by atoms with Gasteiger partial charge in [0.25, 0.3) is 0 Å². The highest BCUT2D eigenvalue weighted by molar-refractivity contribution is 7.93. The Bertz CT molecular complexity index is 492. The molecule has 0 bridgehead atoms. The van der Waals surface area contributed by atoms with Gasteiger partial charge in [-0.15, -0.1) is 0 Å². The summed E-state index contributed by atoms with van der Waals surface area (Å²) in [5.41, 5.74) is 1.18. The number of aldehydes is 1. The van der Waals surface area contributed by atoms with Crippen molar-refractivity contribution in [1.82, 2.24) is 0 Å². The Morgan fingerprint density at radius 3 is 2.38 bits per heavy atom. The normalized spacial score (nSPS) is 23.3. The van der Waals surface area contributed by atoms with Gasteiger partial charge in [-0.1, -0.05) is 0 Å². The molecule has 1 aromatic carbocycles. The Balaban J connectivity index is 2.39. The van der Waals surface area contributed by atoms with E-state index in [1.807, 2.05) is 6.92 Å². The number of hydrogen-bond acceptors (Lipinski definition) is 3. The summed E-state index contributed by atoms with van der Waals surface area (Å²) in [4.78, 5) is 10.5. The zero-order valence-corrected chi connectivity index (χ0v) is 9.78. The SMILES string of the molecule is CC1CCS(=O)(=O)N1c1ccc(C=O)cc1. The van der Waals surface area contributed by atoms with Gasteiger partial charge < -0.3 is 0 Å². The van der Waals surface area contributed by atoms with Crippen molar-refractivity contribution in [2.24, 2.45) is 0 Å². The van der Waals surface area contributed by atoms with Crippen LogP contribution in [-0.2, 0) is 10.0 Å². The average Bonchev–Trinajstić information content (AvgIpc) is 2.53. The molecule has 1 saturated heterocycles. The molecule has 2 rings (SSSR count). The smallest absolute Gasteiger partial charge is 0.235 e. The maximum Gasteiger partial charge on any atom is 0.235 e. The number of sulfonamides is 1. The summed E-state index contributed by atoms with van der Waals surface area (Å²) < 4.78 is 25.0. The minimum atomic E-state index is -3.16. The lowest BCUT2D eigenvalue weighted by Crippen LogP contribution is -2.31. The summed E-state index contributed by atoms with van der Waals surface area (Å²) in [5, 5.41) is 0. The minimum absolute atomic E-state index is 0.00733. The van der Waals surface area contributed by atoms with Crippen LogP contribution in [0.4, 0.5) is 5.69 Å². The molecule has 0 aliphatic carbocycles. The van der Waals surface area contributed by atoms with Crippen LogP contribution in [0.5, 0.6) is 0 Å². The first-order chi connectivity index (χ1) is 7.54. The zero-order chi connectivity index (χ0) is 11.8. The van der Waals surface area contributed by atoms with Crippen molar-refractivity contribution in [2.75, 3.05) is 10.1 Å². The number of carbonyl (C=O) groups excluding carboxylic acids is 1. The van der Waals surface area contributed by atoms with E-state index in [-0.39, 0.29) is 11.8 Å². The summed E-state index contributed by atoms with van der Waals surface area (Å²) in [6.07, 6.45) is 1.39. The molecule has 0 saturated carbocycles. The molecule has 0 N–H and O–H groups in total. The molecule has 16 heavy (non-hydrogen) atoms. The average molecular weight is 239 g/mol. The zero-order valence-electron chi connectivity index (χ0n) is 8.96. The van der Waals surface area contributed by atoms with Crippen LogP contribution in [0.15, 0.2) is 24.3 Å². The number of carbonyl (C=O) groups is 1. The highest BCUT2D eigenvalue weighted by atomic mass is 32.2. The van der Waals surface area contributed by atoms with Crippen molar-refractivity contribution >= 4 is 22.0 Å². The van der Waals surface area contributed by atoms with Crippen molar-refractivity contribution in [2.45, 2.75) is 19.4 Å². The van der Waals surface area contributed by atoms with Crippen LogP contribution in [0.2, 0.25) is 0 Å². The molecule has 1 unspecified atom stereocenters. The van der Waals surface area contributed by atoms with Gasteiger partial charge in [0, 0.05) is 11.6 Å². The Morgan fingerprint density at radius 2 is 1.94 bits per heavy atom. The van der Waals surface area contributed by atoms with Gasteiger partial charge >= 0.3 is 0 Å². The van der Waals surface area contributed by atoms with Gasteiger partial charge in [0.1, 0.15) is 6.29 Å². The van der Waals surface area contributed by atoms with Crippen LogP contribution in [0, 0.1) is 0 Å². The van der Waals surface area contributed by atoms with E-state index in [0.29, 0.717) is 17.7 Å². The lowest BCUT2D eigenvalue weighted by atomic mass is 10.2. The van der Waals surface area contributed by atoms with Crippen LogP contribution < -0.4 is 4.31 Å². The lowest BCUT2D eigenvalue weighted by Gasteiger charge is -2.22. The van der Waals surface area contributed by atoms with Crippen molar-refractivity contribution in [3.05, 3.63) is 29.8 Å².